The molecule has 0 aliphatic rings. The number of hydrogen-bond acceptors (Lipinski definition) is 6. The summed E-state index contributed by atoms with van der Waals surface area (Å²) in [5, 5.41) is 10.4. The summed E-state index contributed by atoms with van der Waals surface area (Å²) in [4.78, 5) is 2.25. The van der Waals surface area contributed by atoms with E-state index in [2.05, 4.69) is 18.7 Å². The molecular formula is C22H33NO5. The van der Waals surface area contributed by atoms with Gasteiger partial charge in [0, 0.05) is 19.2 Å². The van der Waals surface area contributed by atoms with E-state index in [9.17, 15) is 5.11 Å². The first-order valence-corrected chi connectivity index (χ1v) is 9.72. The van der Waals surface area contributed by atoms with Crippen molar-refractivity contribution in [3.8, 4) is 11.5 Å². The molecule has 0 spiro atoms. The zero-order valence-electron chi connectivity index (χ0n) is 17.4. The second-order valence-electron chi connectivity index (χ2n) is 7.39. The highest BCUT2D eigenvalue weighted by Crippen LogP contribution is 2.23. The van der Waals surface area contributed by atoms with Gasteiger partial charge in [-0.15, -0.1) is 0 Å². The van der Waals surface area contributed by atoms with Crippen LogP contribution in [0.1, 0.15) is 31.6 Å². The highest BCUT2D eigenvalue weighted by atomic mass is 16.5. The van der Waals surface area contributed by atoms with Gasteiger partial charge in [0.15, 0.2) is 0 Å². The average Bonchev–Trinajstić information content (AvgIpc) is 3.19. The van der Waals surface area contributed by atoms with Crippen LogP contribution >= 0.6 is 0 Å². The molecule has 0 saturated heterocycles. The third-order valence-corrected chi connectivity index (χ3v) is 4.44. The summed E-state index contributed by atoms with van der Waals surface area (Å²) in [5.74, 6) is 2.88. The van der Waals surface area contributed by atoms with E-state index in [4.69, 9.17) is 18.6 Å². The third kappa shape index (κ3) is 7.92. The van der Waals surface area contributed by atoms with E-state index in [0.717, 1.165) is 35.8 Å². The predicted molar refractivity (Wildman–Crippen MR) is 109 cm³/mol. The molecule has 0 bridgehead atoms. The number of hydrogen-bond donors (Lipinski definition) is 1. The molecule has 156 valence electrons. The van der Waals surface area contributed by atoms with Crippen molar-refractivity contribution in [2.75, 3.05) is 33.9 Å². The quantitative estimate of drug-likeness (QED) is 0.561. The van der Waals surface area contributed by atoms with Gasteiger partial charge in [0.05, 0.1) is 33.2 Å². The molecule has 1 aromatic carbocycles. The number of rotatable bonds is 13. The molecule has 1 unspecified atom stereocenters. The summed E-state index contributed by atoms with van der Waals surface area (Å²) in [6, 6.07) is 9.55. The number of ether oxygens (including phenoxy) is 3. The first kappa shape index (κ1) is 22.3. The van der Waals surface area contributed by atoms with Crippen LogP contribution in [0.5, 0.6) is 11.5 Å². The number of nitrogens with zero attached hydrogens (tertiary/aromatic N) is 1. The Hall–Kier alpha value is -2.02. The molecular weight excluding hydrogens is 358 g/mol. The van der Waals surface area contributed by atoms with Crippen LogP contribution in [0, 0.1) is 5.92 Å². The van der Waals surface area contributed by atoms with Gasteiger partial charge in [-0.25, -0.2) is 0 Å². The van der Waals surface area contributed by atoms with Gasteiger partial charge in [-0.2, -0.15) is 0 Å². The third-order valence-electron chi connectivity index (χ3n) is 4.44. The molecule has 0 aliphatic carbocycles. The topological polar surface area (TPSA) is 64.3 Å². The van der Waals surface area contributed by atoms with Crippen LogP contribution in [-0.2, 0) is 17.9 Å². The molecule has 0 aliphatic heterocycles. The lowest BCUT2D eigenvalue weighted by molar-refractivity contribution is 0.00324. The van der Waals surface area contributed by atoms with Crippen LogP contribution in [0.4, 0.5) is 0 Å². The SMILES string of the molecule is COc1cc(CN(CCC(C)C)CC(O)COCc2ccco2)cc(OC)c1. The molecule has 6 nitrogen and oxygen atoms in total. The minimum atomic E-state index is -0.574. The summed E-state index contributed by atoms with van der Waals surface area (Å²) in [7, 11) is 3.30. The molecule has 0 radical (unpaired) electrons. The van der Waals surface area contributed by atoms with E-state index in [1.54, 1.807) is 20.5 Å². The summed E-state index contributed by atoms with van der Waals surface area (Å²) in [6.07, 6.45) is 2.10. The van der Waals surface area contributed by atoms with Crippen LogP contribution in [-0.4, -0.2) is 50.0 Å². The van der Waals surface area contributed by atoms with Crippen LogP contribution in [0.3, 0.4) is 0 Å². The Kier molecular flexibility index (Phi) is 9.34. The molecule has 6 heteroatoms. The van der Waals surface area contributed by atoms with Crippen molar-refractivity contribution in [3.63, 3.8) is 0 Å². The molecule has 1 atom stereocenters. The maximum Gasteiger partial charge on any atom is 0.129 e. The zero-order valence-corrected chi connectivity index (χ0v) is 17.4. The van der Waals surface area contributed by atoms with Crippen molar-refractivity contribution in [2.45, 2.75) is 39.5 Å². The second kappa shape index (κ2) is 11.7. The Bertz CT molecular complexity index is 649. The summed E-state index contributed by atoms with van der Waals surface area (Å²) in [6.45, 7) is 7.17. The minimum Gasteiger partial charge on any atom is -0.497 e. The number of benzene rings is 1. The Morgan fingerprint density at radius 2 is 1.82 bits per heavy atom. The first-order chi connectivity index (χ1) is 13.5. The largest absolute Gasteiger partial charge is 0.497 e. The molecule has 28 heavy (non-hydrogen) atoms. The van der Waals surface area contributed by atoms with E-state index >= 15 is 0 Å². The van der Waals surface area contributed by atoms with Gasteiger partial charge in [0.25, 0.3) is 0 Å². The summed E-state index contributed by atoms with van der Waals surface area (Å²) >= 11 is 0. The molecule has 1 N–H and O–H groups in total. The average molecular weight is 392 g/mol. The number of furan rings is 1. The molecule has 2 rings (SSSR count). The van der Waals surface area contributed by atoms with Crippen molar-refractivity contribution in [3.05, 3.63) is 47.9 Å². The lowest BCUT2D eigenvalue weighted by atomic mass is 10.1. The molecule has 1 heterocycles. The fourth-order valence-corrected chi connectivity index (χ4v) is 2.93. The van der Waals surface area contributed by atoms with Crippen LogP contribution in [0.2, 0.25) is 0 Å². The minimum absolute atomic E-state index is 0.264. The van der Waals surface area contributed by atoms with Gasteiger partial charge >= 0.3 is 0 Å². The molecule has 0 saturated carbocycles. The van der Waals surface area contributed by atoms with E-state index in [1.165, 1.54) is 0 Å². The van der Waals surface area contributed by atoms with Crippen molar-refractivity contribution in [1.29, 1.82) is 0 Å². The van der Waals surface area contributed by atoms with Gasteiger partial charge in [0.1, 0.15) is 23.9 Å². The predicted octanol–water partition coefficient (Wildman–Crippen LogP) is 3.72. The van der Waals surface area contributed by atoms with Gasteiger partial charge in [0.2, 0.25) is 0 Å². The molecule has 1 aromatic heterocycles. The standard InChI is InChI=1S/C22H33NO5/c1-17(2)7-8-23(13-18-10-21(25-3)12-22(11-18)26-4)14-19(24)15-27-16-20-6-5-9-28-20/h5-6,9-12,17,19,24H,7-8,13-16H2,1-4H3. The number of aliphatic hydroxyl groups is 1. The fraction of sp³-hybridized carbons (Fsp3) is 0.545. The van der Waals surface area contributed by atoms with Gasteiger partial charge in [-0.3, -0.25) is 4.90 Å². The Morgan fingerprint density at radius 1 is 1.11 bits per heavy atom. The van der Waals surface area contributed by atoms with Crippen molar-refractivity contribution in [1.82, 2.24) is 4.90 Å². The molecule has 0 fully saturated rings. The smallest absolute Gasteiger partial charge is 0.129 e. The van der Waals surface area contributed by atoms with Crippen molar-refractivity contribution in [2.24, 2.45) is 5.92 Å². The fourth-order valence-electron chi connectivity index (χ4n) is 2.93. The highest BCUT2D eigenvalue weighted by molar-refractivity contribution is 5.38. The van der Waals surface area contributed by atoms with E-state index in [-0.39, 0.29) is 6.61 Å². The van der Waals surface area contributed by atoms with E-state index in [1.807, 2.05) is 30.3 Å². The van der Waals surface area contributed by atoms with E-state index in [0.29, 0.717) is 25.6 Å². The highest BCUT2D eigenvalue weighted by Gasteiger charge is 2.15. The number of aliphatic hydroxyl groups excluding tert-OH is 1. The Morgan fingerprint density at radius 3 is 2.39 bits per heavy atom. The van der Waals surface area contributed by atoms with Gasteiger partial charge < -0.3 is 23.7 Å². The van der Waals surface area contributed by atoms with Gasteiger partial charge in [-0.05, 0) is 48.7 Å². The second-order valence-corrected chi connectivity index (χ2v) is 7.39. The van der Waals surface area contributed by atoms with Crippen LogP contribution in [0.15, 0.2) is 41.0 Å². The first-order valence-electron chi connectivity index (χ1n) is 9.72. The van der Waals surface area contributed by atoms with Crippen molar-refractivity contribution >= 4 is 0 Å². The van der Waals surface area contributed by atoms with Crippen molar-refractivity contribution < 1.29 is 23.7 Å². The summed E-state index contributed by atoms with van der Waals surface area (Å²) < 4.78 is 21.6. The monoisotopic (exact) mass is 391 g/mol. The Labute approximate surface area is 168 Å². The van der Waals surface area contributed by atoms with Crippen LogP contribution < -0.4 is 9.47 Å². The summed E-state index contributed by atoms with van der Waals surface area (Å²) in [5.41, 5.74) is 1.09. The Balaban J connectivity index is 1.94. The maximum atomic E-state index is 10.4. The lowest BCUT2D eigenvalue weighted by Crippen LogP contribution is -2.35. The lowest BCUT2D eigenvalue weighted by Gasteiger charge is -2.26. The van der Waals surface area contributed by atoms with Gasteiger partial charge in [-0.1, -0.05) is 13.8 Å². The number of methoxy groups -OCH3 is 2. The molecule has 0 amide bonds. The maximum absolute atomic E-state index is 10.4. The normalized spacial score (nSPS) is 12.5. The zero-order chi connectivity index (χ0) is 20.4. The van der Waals surface area contributed by atoms with E-state index < -0.39 is 6.10 Å². The van der Waals surface area contributed by atoms with Crippen LogP contribution in [0.25, 0.3) is 0 Å². The molecule has 2 aromatic rings.